The highest BCUT2D eigenvalue weighted by Gasteiger charge is 2.55. The third kappa shape index (κ3) is 4.64. The predicted molar refractivity (Wildman–Crippen MR) is 137 cm³/mol. The summed E-state index contributed by atoms with van der Waals surface area (Å²) in [5.74, 6) is -1.48. The number of aromatic nitrogens is 5. The summed E-state index contributed by atoms with van der Waals surface area (Å²) < 4.78 is 85.5. The van der Waals surface area contributed by atoms with Crippen molar-refractivity contribution < 1.29 is 30.8 Å². The molecule has 14 heteroatoms. The summed E-state index contributed by atoms with van der Waals surface area (Å²) in [4.78, 5) is 18.2. The third-order valence-corrected chi connectivity index (χ3v) is 9.83. The fourth-order valence-corrected chi connectivity index (χ4v) is 7.47. The second-order valence-electron chi connectivity index (χ2n) is 10.5. The van der Waals surface area contributed by atoms with Crippen molar-refractivity contribution in [2.75, 3.05) is 13.1 Å². The Kier molecular flexibility index (Phi) is 6.37. The zero-order valence-electron chi connectivity index (χ0n) is 21.7. The maximum atomic E-state index is 14.2. The van der Waals surface area contributed by atoms with Crippen LogP contribution >= 0.6 is 0 Å². The number of piperidine rings is 1. The molecule has 4 aromatic rings. The maximum Gasteiger partial charge on any atom is 0.416 e. The number of carbonyl (C=O) groups excluding carboxylic acids is 1. The van der Waals surface area contributed by atoms with Crippen LogP contribution in [0.25, 0.3) is 5.69 Å². The van der Waals surface area contributed by atoms with Gasteiger partial charge in [0.25, 0.3) is 0 Å². The number of rotatable bonds is 5. The second kappa shape index (κ2) is 9.58. The summed E-state index contributed by atoms with van der Waals surface area (Å²) in [6, 6.07) is 7.27. The molecule has 1 aliphatic carbocycles. The normalized spacial score (nSPS) is 21.3. The number of carbonyl (C=O) groups is 1. The van der Waals surface area contributed by atoms with E-state index in [1.165, 1.54) is 33.5 Å². The van der Waals surface area contributed by atoms with E-state index in [1.807, 2.05) is 0 Å². The summed E-state index contributed by atoms with van der Waals surface area (Å²) in [6.07, 6.45) is 1.03. The summed E-state index contributed by atoms with van der Waals surface area (Å²) in [7, 11) is -2.47. The highest BCUT2D eigenvalue weighted by atomic mass is 32.2. The summed E-state index contributed by atoms with van der Waals surface area (Å²) in [6.45, 7) is -0.139. The van der Waals surface area contributed by atoms with Gasteiger partial charge in [-0.1, -0.05) is 0 Å². The number of hydrogen-bond acceptors (Lipinski definition) is 6. The van der Waals surface area contributed by atoms with Crippen molar-refractivity contribution >= 4 is 15.8 Å². The molecule has 0 spiro atoms. The van der Waals surface area contributed by atoms with Crippen molar-refractivity contribution in [3.63, 3.8) is 0 Å². The van der Waals surface area contributed by atoms with Crippen molar-refractivity contribution in [3.8, 4) is 5.69 Å². The number of sulfonamides is 1. The first kappa shape index (κ1) is 27.3. The summed E-state index contributed by atoms with van der Waals surface area (Å²) >= 11 is 0. The van der Waals surface area contributed by atoms with Crippen LogP contribution in [0, 0.1) is 17.2 Å². The van der Waals surface area contributed by atoms with Gasteiger partial charge in [-0.2, -0.15) is 27.7 Å². The van der Waals surface area contributed by atoms with Gasteiger partial charge in [0.2, 0.25) is 10.0 Å². The Morgan fingerprint density at radius 2 is 1.85 bits per heavy atom. The van der Waals surface area contributed by atoms with Crippen molar-refractivity contribution in [2.45, 2.75) is 30.3 Å². The number of hydrogen-bond donors (Lipinski definition) is 0. The fraction of sp³-hybridized carbons (Fsp3) is 0.333. The average Bonchev–Trinajstić information content (AvgIpc) is 3.57. The zero-order chi connectivity index (χ0) is 29.2. The zero-order valence-corrected chi connectivity index (χ0v) is 22.5. The molecule has 1 fully saturated rings. The first-order chi connectivity index (χ1) is 19.4. The van der Waals surface area contributed by atoms with Gasteiger partial charge < -0.3 is 0 Å². The van der Waals surface area contributed by atoms with Crippen LogP contribution in [-0.2, 0) is 36.1 Å². The number of aryl methyl sites for hydroxylation is 1. The van der Waals surface area contributed by atoms with Crippen molar-refractivity contribution in [2.24, 2.45) is 18.4 Å². The molecular weight excluding hydrogens is 564 g/mol. The van der Waals surface area contributed by atoms with Gasteiger partial charge in [0.05, 0.1) is 29.1 Å². The van der Waals surface area contributed by atoms with Crippen LogP contribution in [0.3, 0.4) is 0 Å². The lowest BCUT2D eigenvalue weighted by Gasteiger charge is -2.49. The SMILES string of the molecule is Cn1cc(S(=O)(=O)N2CCC3Cc4c(cnn4-c4ccc(F)cc4)C[C@]3(C(=O)c3cc(C(F)(F)F)ccn3)C2)cn1. The number of ketones is 1. The molecule has 0 saturated carbocycles. The Morgan fingerprint density at radius 3 is 2.54 bits per heavy atom. The minimum Gasteiger partial charge on any atom is -0.292 e. The lowest BCUT2D eigenvalue weighted by molar-refractivity contribution is -0.137. The van der Waals surface area contributed by atoms with Crippen LogP contribution in [0.15, 0.2) is 66.1 Å². The van der Waals surface area contributed by atoms with Gasteiger partial charge in [0, 0.05) is 38.2 Å². The van der Waals surface area contributed by atoms with E-state index in [0.717, 1.165) is 24.0 Å². The first-order valence-electron chi connectivity index (χ1n) is 12.8. The topological polar surface area (TPSA) is 103 Å². The van der Waals surface area contributed by atoms with Gasteiger partial charge in [-0.15, -0.1) is 0 Å². The Bertz CT molecular complexity index is 1750. The van der Waals surface area contributed by atoms with Gasteiger partial charge in [-0.3, -0.25) is 14.5 Å². The van der Waals surface area contributed by atoms with Crippen molar-refractivity contribution in [1.29, 1.82) is 0 Å². The Hall–Kier alpha value is -3.91. The highest BCUT2D eigenvalue weighted by molar-refractivity contribution is 7.89. The van der Waals surface area contributed by atoms with Crippen molar-refractivity contribution in [1.82, 2.24) is 28.9 Å². The highest BCUT2D eigenvalue weighted by Crippen LogP contribution is 2.48. The molecule has 1 aromatic carbocycles. The predicted octanol–water partition coefficient (Wildman–Crippen LogP) is 3.84. The average molecular weight is 589 g/mol. The quantitative estimate of drug-likeness (QED) is 0.259. The first-order valence-corrected chi connectivity index (χ1v) is 14.2. The molecule has 6 rings (SSSR count). The third-order valence-electron chi connectivity index (χ3n) is 8.03. The van der Waals surface area contributed by atoms with Gasteiger partial charge in [0.15, 0.2) is 5.78 Å². The largest absolute Gasteiger partial charge is 0.416 e. The van der Waals surface area contributed by atoms with Gasteiger partial charge in [-0.05, 0) is 67.1 Å². The molecule has 3 aromatic heterocycles. The monoisotopic (exact) mass is 588 g/mol. The fourth-order valence-electron chi connectivity index (χ4n) is 5.96. The molecule has 1 aliphatic heterocycles. The van der Waals surface area contributed by atoms with E-state index < -0.39 is 44.7 Å². The second-order valence-corrected chi connectivity index (χ2v) is 12.4. The van der Waals surface area contributed by atoms with E-state index in [4.69, 9.17) is 0 Å². The van der Waals surface area contributed by atoms with Gasteiger partial charge in [-0.25, -0.2) is 17.5 Å². The molecule has 0 bridgehead atoms. The Balaban J connectivity index is 1.44. The molecule has 1 saturated heterocycles. The molecule has 0 radical (unpaired) electrons. The number of halogens is 4. The number of benzene rings is 1. The molecule has 0 N–H and O–H groups in total. The summed E-state index contributed by atoms with van der Waals surface area (Å²) in [5.41, 5.74) is -0.728. The van der Waals surface area contributed by atoms with E-state index in [2.05, 4.69) is 15.2 Å². The standard InChI is InChI=1S/C27H24F4N6O3S/c1-35-15-22(14-33-35)41(39,40)36-9-7-18-11-24-17(13-34-37(24)21-4-2-20(28)3-5-21)12-26(18,16-36)25(38)23-10-19(6-8-32-23)27(29,30)31/h2-6,8,10,13-15,18H,7,9,11-12,16H2,1H3/t18?,26-/m0/s1. The maximum absolute atomic E-state index is 14.2. The number of pyridine rings is 1. The van der Waals surface area contributed by atoms with Crippen LogP contribution in [0.4, 0.5) is 17.6 Å². The van der Waals surface area contributed by atoms with E-state index in [-0.39, 0.29) is 36.5 Å². The minimum atomic E-state index is -4.69. The molecule has 41 heavy (non-hydrogen) atoms. The Labute approximate surface area is 232 Å². The van der Waals surface area contributed by atoms with E-state index in [0.29, 0.717) is 17.7 Å². The van der Waals surface area contributed by atoms with Crippen LogP contribution < -0.4 is 0 Å². The summed E-state index contributed by atoms with van der Waals surface area (Å²) in [5, 5.41) is 8.41. The van der Waals surface area contributed by atoms with Gasteiger partial charge >= 0.3 is 6.18 Å². The lowest BCUT2D eigenvalue weighted by Crippen LogP contribution is -2.57. The smallest absolute Gasteiger partial charge is 0.292 e. The van der Waals surface area contributed by atoms with Crippen molar-refractivity contribution in [3.05, 3.63) is 89.5 Å². The molecule has 2 atom stereocenters. The van der Waals surface area contributed by atoms with Crippen LogP contribution in [0.2, 0.25) is 0 Å². The number of alkyl halides is 3. The number of fused-ring (bicyclic) bond motifs is 2. The molecule has 4 heterocycles. The molecule has 2 aliphatic rings. The minimum absolute atomic E-state index is 0.0427. The molecule has 9 nitrogen and oxygen atoms in total. The number of nitrogens with zero attached hydrogens (tertiary/aromatic N) is 6. The number of Topliss-reactive ketones (excluding diaryl/α,β-unsaturated/α-hetero) is 1. The van der Waals surface area contributed by atoms with E-state index in [1.54, 1.807) is 30.1 Å². The Morgan fingerprint density at radius 1 is 1.10 bits per heavy atom. The lowest BCUT2D eigenvalue weighted by atomic mass is 9.60. The van der Waals surface area contributed by atoms with Crippen LogP contribution in [0.1, 0.15) is 33.7 Å². The molecular formula is C27H24F4N6O3S. The van der Waals surface area contributed by atoms with Crippen LogP contribution in [0.5, 0.6) is 0 Å². The molecule has 1 unspecified atom stereocenters. The molecule has 0 amide bonds. The van der Waals surface area contributed by atoms with E-state index >= 15 is 0 Å². The molecule has 214 valence electrons. The van der Waals surface area contributed by atoms with E-state index in [9.17, 15) is 30.8 Å². The van der Waals surface area contributed by atoms with Gasteiger partial charge in [0.1, 0.15) is 16.4 Å². The van der Waals surface area contributed by atoms with Crippen LogP contribution in [-0.4, -0.2) is 56.1 Å².